The Balaban J connectivity index is 1.72. The van der Waals surface area contributed by atoms with Gasteiger partial charge >= 0.3 is 0 Å². The lowest BCUT2D eigenvalue weighted by Crippen LogP contribution is -2.13. The summed E-state index contributed by atoms with van der Waals surface area (Å²) in [5, 5.41) is 4.22. The maximum absolute atomic E-state index is 13.9. The van der Waals surface area contributed by atoms with Gasteiger partial charge in [-0.05, 0) is 36.6 Å². The highest BCUT2D eigenvalue weighted by atomic mass is 32.2. The quantitative estimate of drug-likeness (QED) is 0.716. The molecular weight excluding hydrogens is 343 g/mol. The summed E-state index contributed by atoms with van der Waals surface area (Å²) in [6.07, 6.45) is 7.54. The van der Waals surface area contributed by atoms with Gasteiger partial charge in [-0.3, -0.25) is 0 Å². The fourth-order valence-corrected chi connectivity index (χ4v) is 5.14. The molecule has 25 heavy (non-hydrogen) atoms. The Kier molecular flexibility index (Phi) is 3.91. The van der Waals surface area contributed by atoms with Gasteiger partial charge in [-0.2, -0.15) is 5.10 Å². The molecule has 0 radical (unpaired) electrons. The number of aromatic nitrogens is 4. The summed E-state index contributed by atoms with van der Waals surface area (Å²) in [5.41, 5.74) is 1.34. The van der Waals surface area contributed by atoms with Gasteiger partial charge in [0.15, 0.2) is 9.84 Å². The standard InChI is InChI=1S/C17H17FN4O2S/c18-14-2-3-16(22-7-1-5-20-22)15(10-14)17-19-6-8-21(17)11-13-4-9-25(23,24)12-13/h1-3,5-8,10,13H,4,9,11-12H2. The number of imidazole rings is 1. The highest BCUT2D eigenvalue weighted by molar-refractivity contribution is 7.91. The molecule has 1 aromatic carbocycles. The van der Waals surface area contributed by atoms with Crippen molar-refractivity contribution in [2.75, 3.05) is 11.5 Å². The van der Waals surface area contributed by atoms with Crippen molar-refractivity contribution in [2.45, 2.75) is 13.0 Å². The Bertz CT molecular complexity index is 996. The molecule has 0 bridgehead atoms. The van der Waals surface area contributed by atoms with Crippen LogP contribution >= 0.6 is 0 Å². The number of rotatable bonds is 4. The Morgan fingerprint density at radius 1 is 1.24 bits per heavy atom. The third-order valence-corrected chi connectivity index (χ3v) is 6.28. The van der Waals surface area contributed by atoms with Crippen molar-refractivity contribution in [3.05, 3.63) is 54.9 Å². The predicted octanol–water partition coefficient (Wildman–Crippen LogP) is 2.31. The molecule has 8 heteroatoms. The van der Waals surface area contributed by atoms with E-state index in [0.717, 1.165) is 5.69 Å². The fourth-order valence-electron chi connectivity index (χ4n) is 3.29. The zero-order chi connectivity index (χ0) is 17.4. The summed E-state index contributed by atoms with van der Waals surface area (Å²) >= 11 is 0. The Labute approximate surface area is 144 Å². The molecule has 3 aromatic rings. The molecule has 1 aliphatic rings. The van der Waals surface area contributed by atoms with Crippen molar-refractivity contribution in [2.24, 2.45) is 5.92 Å². The lowest BCUT2D eigenvalue weighted by Gasteiger charge is -2.14. The van der Waals surface area contributed by atoms with E-state index in [1.165, 1.54) is 12.1 Å². The molecule has 2 aromatic heterocycles. The maximum atomic E-state index is 13.9. The molecule has 0 aliphatic carbocycles. The van der Waals surface area contributed by atoms with E-state index in [1.807, 2.05) is 4.57 Å². The molecule has 0 amide bonds. The lowest BCUT2D eigenvalue weighted by atomic mass is 10.1. The normalized spacial score (nSPS) is 19.3. The van der Waals surface area contributed by atoms with Gasteiger partial charge in [-0.25, -0.2) is 22.5 Å². The van der Waals surface area contributed by atoms with Crippen molar-refractivity contribution in [1.29, 1.82) is 0 Å². The third-order valence-electron chi connectivity index (χ3n) is 4.45. The number of benzene rings is 1. The van der Waals surface area contributed by atoms with Crippen LogP contribution in [0, 0.1) is 11.7 Å². The molecule has 0 saturated carbocycles. The minimum absolute atomic E-state index is 0.0552. The van der Waals surface area contributed by atoms with E-state index in [0.29, 0.717) is 24.4 Å². The smallest absolute Gasteiger partial charge is 0.150 e. The van der Waals surface area contributed by atoms with E-state index < -0.39 is 9.84 Å². The first kappa shape index (κ1) is 16.0. The predicted molar refractivity (Wildman–Crippen MR) is 91.5 cm³/mol. The van der Waals surface area contributed by atoms with Crippen LogP contribution in [0.2, 0.25) is 0 Å². The van der Waals surface area contributed by atoms with E-state index >= 15 is 0 Å². The van der Waals surface area contributed by atoms with Gasteiger partial charge in [0.25, 0.3) is 0 Å². The van der Waals surface area contributed by atoms with E-state index in [4.69, 9.17) is 0 Å². The minimum atomic E-state index is -2.93. The zero-order valence-corrected chi connectivity index (χ0v) is 14.2. The number of nitrogens with zero attached hydrogens (tertiary/aromatic N) is 4. The Hall–Kier alpha value is -2.48. The van der Waals surface area contributed by atoms with Gasteiger partial charge in [-0.1, -0.05) is 0 Å². The average Bonchev–Trinajstić information content (AvgIpc) is 3.29. The van der Waals surface area contributed by atoms with Crippen LogP contribution < -0.4 is 0 Å². The van der Waals surface area contributed by atoms with Gasteiger partial charge in [0.1, 0.15) is 11.6 Å². The highest BCUT2D eigenvalue weighted by Gasteiger charge is 2.28. The van der Waals surface area contributed by atoms with Crippen LogP contribution in [0.15, 0.2) is 49.1 Å². The van der Waals surface area contributed by atoms with Gasteiger partial charge in [0, 0.05) is 36.9 Å². The highest BCUT2D eigenvalue weighted by Crippen LogP contribution is 2.28. The first-order valence-corrected chi connectivity index (χ1v) is 9.85. The molecule has 3 heterocycles. The van der Waals surface area contributed by atoms with E-state index in [9.17, 15) is 12.8 Å². The molecule has 130 valence electrons. The molecule has 1 fully saturated rings. The largest absolute Gasteiger partial charge is 0.331 e. The molecule has 1 atom stereocenters. The van der Waals surface area contributed by atoms with Crippen LogP contribution in [0.4, 0.5) is 4.39 Å². The molecule has 1 unspecified atom stereocenters. The number of halogens is 1. The van der Waals surface area contributed by atoms with E-state index in [1.54, 1.807) is 41.6 Å². The van der Waals surface area contributed by atoms with Gasteiger partial charge in [-0.15, -0.1) is 0 Å². The van der Waals surface area contributed by atoms with Crippen molar-refractivity contribution in [1.82, 2.24) is 19.3 Å². The monoisotopic (exact) mass is 360 g/mol. The molecule has 4 rings (SSSR count). The second-order valence-electron chi connectivity index (χ2n) is 6.28. The van der Waals surface area contributed by atoms with Gasteiger partial charge in [0.2, 0.25) is 0 Å². The van der Waals surface area contributed by atoms with Crippen LogP contribution in [-0.4, -0.2) is 39.3 Å². The Morgan fingerprint density at radius 3 is 2.84 bits per heavy atom. The second kappa shape index (κ2) is 6.11. The Morgan fingerprint density at radius 2 is 2.12 bits per heavy atom. The van der Waals surface area contributed by atoms with Crippen molar-refractivity contribution >= 4 is 9.84 Å². The van der Waals surface area contributed by atoms with Crippen molar-refractivity contribution < 1.29 is 12.8 Å². The van der Waals surface area contributed by atoms with Crippen molar-refractivity contribution in [3.8, 4) is 17.1 Å². The van der Waals surface area contributed by atoms with Crippen LogP contribution in [-0.2, 0) is 16.4 Å². The summed E-state index contributed by atoms with van der Waals surface area (Å²) in [5.74, 6) is 0.734. The third kappa shape index (κ3) is 3.21. The maximum Gasteiger partial charge on any atom is 0.150 e. The summed E-state index contributed by atoms with van der Waals surface area (Å²) in [7, 11) is -2.93. The summed E-state index contributed by atoms with van der Waals surface area (Å²) < 4.78 is 40.8. The summed E-state index contributed by atoms with van der Waals surface area (Å²) in [6.45, 7) is 0.545. The van der Waals surface area contributed by atoms with E-state index in [-0.39, 0.29) is 23.2 Å². The second-order valence-corrected chi connectivity index (χ2v) is 8.51. The van der Waals surface area contributed by atoms with Crippen LogP contribution in [0.5, 0.6) is 0 Å². The number of hydrogen-bond acceptors (Lipinski definition) is 4. The van der Waals surface area contributed by atoms with Crippen LogP contribution in [0.3, 0.4) is 0 Å². The topological polar surface area (TPSA) is 69.8 Å². The zero-order valence-electron chi connectivity index (χ0n) is 13.4. The van der Waals surface area contributed by atoms with Crippen molar-refractivity contribution in [3.63, 3.8) is 0 Å². The minimum Gasteiger partial charge on any atom is -0.331 e. The fraction of sp³-hybridized carbons (Fsp3) is 0.294. The molecule has 1 saturated heterocycles. The SMILES string of the molecule is O=S1(=O)CCC(Cn2ccnc2-c2cc(F)ccc2-n2cccn2)C1. The van der Waals surface area contributed by atoms with Gasteiger partial charge in [0.05, 0.1) is 17.2 Å². The molecule has 1 aliphatic heterocycles. The van der Waals surface area contributed by atoms with E-state index in [2.05, 4.69) is 10.1 Å². The summed E-state index contributed by atoms with van der Waals surface area (Å²) in [6, 6.07) is 6.28. The number of hydrogen-bond donors (Lipinski definition) is 0. The van der Waals surface area contributed by atoms with Crippen LogP contribution in [0.25, 0.3) is 17.1 Å². The molecule has 6 nitrogen and oxygen atoms in total. The number of sulfone groups is 1. The first-order chi connectivity index (χ1) is 12.0. The first-order valence-electron chi connectivity index (χ1n) is 8.03. The molecule has 0 N–H and O–H groups in total. The average molecular weight is 360 g/mol. The van der Waals surface area contributed by atoms with Crippen LogP contribution in [0.1, 0.15) is 6.42 Å². The lowest BCUT2D eigenvalue weighted by molar-refractivity contribution is 0.493. The molecular formula is C17H17FN4O2S. The summed E-state index contributed by atoms with van der Waals surface area (Å²) in [4.78, 5) is 4.38. The van der Waals surface area contributed by atoms with Gasteiger partial charge < -0.3 is 4.57 Å². The molecule has 0 spiro atoms.